The van der Waals surface area contributed by atoms with Gasteiger partial charge >= 0.3 is 0 Å². The van der Waals surface area contributed by atoms with Crippen molar-refractivity contribution in [2.24, 2.45) is 11.8 Å². The summed E-state index contributed by atoms with van der Waals surface area (Å²) < 4.78 is 23.6. The van der Waals surface area contributed by atoms with Gasteiger partial charge in [0.15, 0.2) is 9.84 Å². The first-order valence-electron chi connectivity index (χ1n) is 11.7. The molecule has 1 aliphatic carbocycles. The second kappa shape index (κ2) is 9.29. The summed E-state index contributed by atoms with van der Waals surface area (Å²) in [7, 11) is -3.30. The number of rotatable bonds is 7. The first-order chi connectivity index (χ1) is 15.7. The minimum Gasteiger partial charge on any atom is -0.342 e. The van der Waals surface area contributed by atoms with Crippen molar-refractivity contribution in [3.63, 3.8) is 0 Å². The lowest BCUT2D eigenvalue weighted by Gasteiger charge is -2.43. The molecule has 176 valence electrons. The van der Waals surface area contributed by atoms with Crippen molar-refractivity contribution in [2.75, 3.05) is 6.26 Å². The molecular weight excluding hydrogens is 436 g/mol. The van der Waals surface area contributed by atoms with E-state index in [2.05, 4.69) is 17.4 Å². The molecular formula is C26H32N2O4S. The molecule has 2 amide bonds. The van der Waals surface area contributed by atoms with Crippen LogP contribution >= 0.6 is 0 Å². The van der Waals surface area contributed by atoms with Gasteiger partial charge in [0.2, 0.25) is 11.8 Å². The van der Waals surface area contributed by atoms with E-state index in [1.165, 1.54) is 17.4 Å². The summed E-state index contributed by atoms with van der Waals surface area (Å²) in [5, 5.41) is 3.08. The highest BCUT2D eigenvalue weighted by molar-refractivity contribution is 7.90. The largest absolute Gasteiger partial charge is 0.342 e. The highest BCUT2D eigenvalue weighted by Gasteiger charge is 2.46. The minimum atomic E-state index is -3.30. The van der Waals surface area contributed by atoms with Gasteiger partial charge in [-0.05, 0) is 53.5 Å². The lowest BCUT2D eigenvalue weighted by atomic mass is 9.86. The van der Waals surface area contributed by atoms with Crippen molar-refractivity contribution in [1.82, 2.24) is 10.2 Å². The number of carbonyl (C=O) groups excluding carboxylic acids is 2. The van der Waals surface area contributed by atoms with Crippen molar-refractivity contribution < 1.29 is 18.0 Å². The summed E-state index contributed by atoms with van der Waals surface area (Å²) in [4.78, 5) is 29.1. The smallest absolute Gasteiger partial charge is 0.246 e. The van der Waals surface area contributed by atoms with Crippen molar-refractivity contribution >= 4 is 21.7 Å². The highest BCUT2D eigenvalue weighted by atomic mass is 32.2. The Labute approximate surface area is 196 Å². The lowest BCUT2D eigenvalue weighted by molar-refractivity contribution is -0.154. The molecule has 1 heterocycles. The number of carbonyl (C=O) groups is 2. The fourth-order valence-corrected chi connectivity index (χ4v) is 5.95. The summed E-state index contributed by atoms with van der Waals surface area (Å²) >= 11 is 0. The maximum Gasteiger partial charge on any atom is 0.246 e. The van der Waals surface area contributed by atoms with Gasteiger partial charge in [0.25, 0.3) is 0 Å². The fraction of sp³-hybridized carbons (Fsp3) is 0.462. The van der Waals surface area contributed by atoms with Crippen LogP contribution in [0.1, 0.15) is 43.4 Å². The van der Waals surface area contributed by atoms with E-state index in [1.807, 2.05) is 26.0 Å². The second-order valence-corrected chi connectivity index (χ2v) is 11.3. The predicted molar refractivity (Wildman–Crippen MR) is 127 cm³/mol. The number of nitrogens with zero attached hydrogens (tertiary/aromatic N) is 1. The van der Waals surface area contributed by atoms with Crippen LogP contribution in [0.5, 0.6) is 0 Å². The van der Waals surface area contributed by atoms with Crippen molar-refractivity contribution in [3.8, 4) is 0 Å². The Balaban J connectivity index is 1.62. The Morgan fingerprint density at radius 1 is 0.970 bits per heavy atom. The van der Waals surface area contributed by atoms with Crippen LogP contribution < -0.4 is 5.32 Å². The molecule has 0 bridgehead atoms. The van der Waals surface area contributed by atoms with E-state index in [0.29, 0.717) is 0 Å². The lowest BCUT2D eigenvalue weighted by Crippen LogP contribution is -2.66. The average molecular weight is 469 g/mol. The molecule has 4 rings (SSSR count). The molecule has 2 aliphatic rings. The van der Waals surface area contributed by atoms with Gasteiger partial charge in [0, 0.05) is 12.8 Å². The van der Waals surface area contributed by atoms with Crippen LogP contribution in [0.3, 0.4) is 0 Å². The molecule has 2 aromatic carbocycles. The molecule has 1 fully saturated rings. The molecule has 1 N–H and O–H groups in total. The third kappa shape index (κ3) is 4.69. The fourth-order valence-electron chi connectivity index (χ4n) is 5.32. The maximum absolute atomic E-state index is 13.8. The molecule has 0 unspecified atom stereocenters. The number of piperazine rings is 1. The normalized spacial score (nSPS) is 21.4. The summed E-state index contributed by atoms with van der Waals surface area (Å²) in [6.45, 7) is 4.38. The number of hydrogen-bond donors (Lipinski definition) is 1. The maximum atomic E-state index is 13.8. The summed E-state index contributed by atoms with van der Waals surface area (Å²) in [5.41, 5.74) is 3.30. The standard InChI is InChI=1S/C26H32N2O4S/c1-4-18(5-2)24-25(29)27-23(21-14-19-8-6-7-9-20(19)15-21)26(30)28(24)16-17-10-12-22(13-11-17)33(3,31)32/h6-13,18,21,23-24H,4-5,14-16H2,1-3H3,(H,27,29)/t23-,24-/m1/s1. The third-order valence-electron chi connectivity index (χ3n) is 7.20. The van der Waals surface area contributed by atoms with Crippen LogP contribution in [0.4, 0.5) is 0 Å². The molecule has 33 heavy (non-hydrogen) atoms. The first kappa shape index (κ1) is 23.5. The van der Waals surface area contributed by atoms with E-state index in [0.717, 1.165) is 31.2 Å². The molecule has 0 aromatic heterocycles. The summed E-state index contributed by atoms with van der Waals surface area (Å²) in [5.74, 6) is -0.0314. The van der Waals surface area contributed by atoms with Gasteiger partial charge in [-0.25, -0.2) is 8.42 Å². The van der Waals surface area contributed by atoms with Gasteiger partial charge < -0.3 is 10.2 Å². The monoisotopic (exact) mass is 468 g/mol. The average Bonchev–Trinajstić information content (AvgIpc) is 3.22. The van der Waals surface area contributed by atoms with Gasteiger partial charge in [-0.1, -0.05) is 63.1 Å². The first-order valence-corrected chi connectivity index (χ1v) is 13.6. The Kier molecular flexibility index (Phi) is 6.61. The number of sulfone groups is 1. The molecule has 7 heteroatoms. The number of hydrogen-bond acceptors (Lipinski definition) is 4. The van der Waals surface area contributed by atoms with E-state index in [9.17, 15) is 18.0 Å². The Morgan fingerprint density at radius 2 is 1.55 bits per heavy atom. The third-order valence-corrected chi connectivity index (χ3v) is 8.33. The number of benzene rings is 2. The molecule has 0 radical (unpaired) electrons. The topological polar surface area (TPSA) is 83.6 Å². The van der Waals surface area contributed by atoms with Crippen molar-refractivity contribution in [3.05, 3.63) is 65.2 Å². The highest BCUT2D eigenvalue weighted by Crippen LogP contribution is 2.33. The molecule has 6 nitrogen and oxygen atoms in total. The zero-order valence-corrected chi connectivity index (χ0v) is 20.3. The predicted octanol–water partition coefficient (Wildman–Crippen LogP) is 3.14. The zero-order chi connectivity index (χ0) is 23.8. The molecule has 0 spiro atoms. The van der Waals surface area contributed by atoms with Crippen LogP contribution in [0.25, 0.3) is 0 Å². The quantitative estimate of drug-likeness (QED) is 0.677. The van der Waals surface area contributed by atoms with E-state index >= 15 is 0 Å². The number of nitrogens with one attached hydrogen (secondary N) is 1. The van der Waals surface area contributed by atoms with Crippen LogP contribution in [-0.2, 0) is 38.8 Å². The van der Waals surface area contributed by atoms with Gasteiger partial charge in [-0.2, -0.15) is 0 Å². The van der Waals surface area contributed by atoms with Crippen LogP contribution in [0, 0.1) is 11.8 Å². The molecule has 2 atom stereocenters. The molecule has 1 aliphatic heterocycles. The summed E-state index contributed by atoms with van der Waals surface area (Å²) in [6, 6.07) is 13.7. The van der Waals surface area contributed by atoms with E-state index in [1.54, 1.807) is 29.2 Å². The van der Waals surface area contributed by atoms with Gasteiger partial charge in [-0.3, -0.25) is 9.59 Å². The van der Waals surface area contributed by atoms with E-state index in [-0.39, 0.29) is 35.1 Å². The van der Waals surface area contributed by atoms with Crippen molar-refractivity contribution in [1.29, 1.82) is 0 Å². The number of amides is 2. The number of fused-ring (bicyclic) bond motifs is 1. The Morgan fingerprint density at radius 3 is 2.06 bits per heavy atom. The molecule has 1 saturated heterocycles. The van der Waals surface area contributed by atoms with E-state index < -0.39 is 21.9 Å². The second-order valence-electron chi connectivity index (χ2n) is 9.33. The zero-order valence-electron chi connectivity index (χ0n) is 19.5. The Bertz CT molecular complexity index is 1110. The summed E-state index contributed by atoms with van der Waals surface area (Å²) in [6.07, 6.45) is 4.32. The van der Waals surface area contributed by atoms with Gasteiger partial charge in [0.05, 0.1) is 4.90 Å². The molecule has 0 saturated carbocycles. The van der Waals surface area contributed by atoms with Gasteiger partial charge in [0.1, 0.15) is 12.1 Å². The van der Waals surface area contributed by atoms with Crippen LogP contribution in [-0.4, -0.2) is 43.5 Å². The van der Waals surface area contributed by atoms with Crippen LogP contribution in [0.15, 0.2) is 53.4 Å². The Hall–Kier alpha value is -2.67. The molecule has 2 aromatic rings. The van der Waals surface area contributed by atoms with Crippen molar-refractivity contribution in [2.45, 2.75) is 63.1 Å². The SMILES string of the molecule is CCC(CC)[C@@H]1C(=O)N[C@H](C2Cc3ccccc3C2)C(=O)N1Cc1ccc(S(C)(=O)=O)cc1. The minimum absolute atomic E-state index is 0.0385. The van der Waals surface area contributed by atoms with Crippen LogP contribution in [0.2, 0.25) is 0 Å². The van der Waals surface area contributed by atoms with E-state index in [4.69, 9.17) is 0 Å². The van der Waals surface area contributed by atoms with Gasteiger partial charge in [-0.15, -0.1) is 0 Å².